The van der Waals surface area contributed by atoms with Crippen molar-refractivity contribution in [1.82, 2.24) is 9.91 Å². The van der Waals surface area contributed by atoms with Crippen LogP contribution in [-0.4, -0.2) is 143 Å². The summed E-state index contributed by atoms with van der Waals surface area (Å²) in [6.45, 7) is 16.3. The van der Waals surface area contributed by atoms with E-state index in [1.165, 1.54) is 59.4 Å². The molecular weight excluding hydrogens is 805 g/mol. The minimum atomic E-state index is -2.05. The van der Waals surface area contributed by atoms with Crippen LogP contribution in [0.5, 0.6) is 23.0 Å². The molecule has 2 aromatic rings. The second-order valence-electron chi connectivity index (χ2n) is 16.7. The second kappa shape index (κ2) is 19.9. The molecule has 0 radical (unpaired) electrons. The Morgan fingerprint density at radius 2 is 1.63 bits per heavy atom. The summed E-state index contributed by atoms with van der Waals surface area (Å²) in [5, 5.41) is 67.2. The van der Waals surface area contributed by atoms with Gasteiger partial charge in [0.05, 0.1) is 59.6 Å². The van der Waals surface area contributed by atoms with Crippen LogP contribution in [0.1, 0.15) is 70.0 Å². The Hall–Kier alpha value is -5.20. The molecule has 0 unspecified atom stereocenters. The average Bonchev–Trinajstić information content (AvgIpc) is 3.51. The quantitative estimate of drug-likeness (QED) is 0.0984. The molecule has 17 heteroatoms. The van der Waals surface area contributed by atoms with Crippen LogP contribution in [0.4, 0.5) is 5.69 Å². The maximum Gasteiger partial charge on any atom is 0.312 e. The minimum Gasteiger partial charge on any atom is -0.507 e. The Kier molecular flexibility index (Phi) is 15.3. The molecule has 9 atom stereocenters. The highest BCUT2D eigenvalue weighted by Gasteiger charge is 2.50. The SMILES string of the molecule is COCCN1CCN(/N=C/c2c3c(O)c4c(O)c(C)c5c(c4c2O)C(=O)[C@@](C)(O/C=C/[C@H](OC)[C@@H](C)[C@@H](OC(C)=O)[C@H](C)[C@H](O)[C@H](C)[C@@H](O)[C@@H](C)/C=C/C=C(/C)C(=O)N3)O5)CC1. The van der Waals surface area contributed by atoms with Crippen molar-refractivity contribution in [1.29, 1.82) is 0 Å². The van der Waals surface area contributed by atoms with Crippen molar-refractivity contribution in [3.8, 4) is 23.0 Å². The van der Waals surface area contributed by atoms with E-state index in [2.05, 4.69) is 15.3 Å². The van der Waals surface area contributed by atoms with E-state index < -0.39 is 88.8 Å². The summed E-state index contributed by atoms with van der Waals surface area (Å²) in [7, 11) is 3.08. The fraction of sp³-hybridized carbons (Fsp3) is 0.556. The first kappa shape index (κ1) is 47.8. The Morgan fingerprint density at radius 3 is 2.26 bits per heavy atom. The zero-order chi connectivity index (χ0) is 45.8. The van der Waals surface area contributed by atoms with Crippen LogP contribution in [0.3, 0.4) is 0 Å². The number of rotatable bonds is 7. The van der Waals surface area contributed by atoms with Gasteiger partial charge in [0.25, 0.3) is 11.7 Å². The number of fused-ring (bicyclic) bond motifs is 14. The van der Waals surface area contributed by atoms with Gasteiger partial charge in [-0.05, 0) is 19.9 Å². The number of ketones is 1. The number of phenolic OH excluding ortho intramolecular Hbond substituents is 3. The zero-order valence-electron chi connectivity index (χ0n) is 37.2. The number of esters is 1. The highest BCUT2D eigenvalue weighted by molar-refractivity contribution is 6.23. The summed E-state index contributed by atoms with van der Waals surface area (Å²) >= 11 is 0. The summed E-state index contributed by atoms with van der Waals surface area (Å²) < 4.78 is 28.9. The number of methoxy groups -OCH3 is 2. The van der Waals surface area contributed by atoms with E-state index in [1.807, 2.05) is 0 Å². The Bertz CT molecular complexity index is 2130. The fourth-order valence-corrected chi connectivity index (χ4v) is 8.31. The van der Waals surface area contributed by atoms with Crippen LogP contribution in [0.2, 0.25) is 0 Å². The van der Waals surface area contributed by atoms with Crippen molar-refractivity contribution in [3.05, 3.63) is 52.8 Å². The highest BCUT2D eigenvalue weighted by Crippen LogP contribution is 2.55. The number of hydrogen-bond acceptors (Lipinski definition) is 16. The number of Topliss-reactive ketones (excluding diaryl/α,β-unsaturated/α-hetero) is 1. The molecule has 62 heavy (non-hydrogen) atoms. The molecule has 4 aliphatic rings. The van der Waals surface area contributed by atoms with Gasteiger partial charge in [-0.3, -0.25) is 24.3 Å². The number of allylic oxidation sites excluding steroid dienone is 2. The minimum absolute atomic E-state index is 0.0503. The van der Waals surface area contributed by atoms with Crippen LogP contribution in [0.25, 0.3) is 10.8 Å². The number of amides is 1. The second-order valence-corrected chi connectivity index (χ2v) is 16.7. The maximum atomic E-state index is 14.5. The number of piperazine rings is 1. The van der Waals surface area contributed by atoms with Gasteiger partial charge in [-0.2, -0.15) is 5.10 Å². The lowest BCUT2D eigenvalue weighted by atomic mass is 9.78. The molecule has 0 aromatic heterocycles. The third-order valence-electron chi connectivity index (χ3n) is 12.3. The van der Waals surface area contributed by atoms with Crippen molar-refractivity contribution in [2.24, 2.45) is 28.8 Å². The summed E-state index contributed by atoms with van der Waals surface area (Å²) in [4.78, 5) is 42.9. The number of carbonyl (C=O) groups excluding carboxylic acids is 3. The molecule has 340 valence electrons. The smallest absolute Gasteiger partial charge is 0.312 e. The number of nitrogens with one attached hydrogen (secondary N) is 1. The largest absolute Gasteiger partial charge is 0.507 e. The molecule has 6 rings (SSSR count). The average molecular weight is 867 g/mol. The van der Waals surface area contributed by atoms with E-state index in [9.17, 15) is 39.9 Å². The highest BCUT2D eigenvalue weighted by atomic mass is 16.7. The predicted molar refractivity (Wildman–Crippen MR) is 231 cm³/mol. The molecule has 5 bridgehead atoms. The number of hydrogen-bond donors (Lipinski definition) is 6. The lowest BCUT2D eigenvalue weighted by molar-refractivity contribution is -0.160. The molecule has 1 amide bonds. The van der Waals surface area contributed by atoms with E-state index in [1.54, 1.807) is 52.0 Å². The van der Waals surface area contributed by atoms with Crippen molar-refractivity contribution < 1.29 is 63.6 Å². The van der Waals surface area contributed by atoms with Gasteiger partial charge >= 0.3 is 11.8 Å². The van der Waals surface area contributed by atoms with Gasteiger partial charge in [0.2, 0.25) is 0 Å². The number of nitrogens with zero attached hydrogens (tertiary/aromatic N) is 3. The number of benzene rings is 2. The lowest BCUT2D eigenvalue weighted by Gasteiger charge is -2.38. The first-order chi connectivity index (χ1) is 29.3. The van der Waals surface area contributed by atoms with E-state index >= 15 is 0 Å². The van der Waals surface area contributed by atoms with Crippen LogP contribution >= 0.6 is 0 Å². The Morgan fingerprint density at radius 1 is 0.952 bits per heavy atom. The van der Waals surface area contributed by atoms with E-state index in [4.69, 9.17) is 23.7 Å². The van der Waals surface area contributed by atoms with Gasteiger partial charge in [-0.15, -0.1) is 0 Å². The van der Waals surface area contributed by atoms with Gasteiger partial charge in [-0.25, -0.2) is 0 Å². The molecule has 6 N–H and O–H groups in total. The van der Waals surface area contributed by atoms with Crippen LogP contribution in [-0.2, 0) is 28.5 Å². The Balaban J connectivity index is 1.67. The van der Waals surface area contributed by atoms with E-state index in [0.29, 0.717) is 32.8 Å². The molecule has 1 fully saturated rings. The number of anilines is 1. The molecule has 4 aliphatic heterocycles. The zero-order valence-corrected chi connectivity index (χ0v) is 37.2. The number of hydrazone groups is 1. The normalized spacial score (nSPS) is 31.1. The molecule has 0 aliphatic carbocycles. The number of aliphatic hydroxyl groups excluding tert-OH is 2. The van der Waals surface area contributed by atoms with Crippen LogP contribution in [0, 0.1) is 30.6 Å². The number of phenols is 3. The van der Waals surface area contributed by atoms with Crippen LogP contribution in [0.15, 0.2) is 41.2 Å². The number of aliphatic hydroxyl groups is 2. The standard InChI is InChI=1S/C45H62N4O13/c1-23-12-11-13-24(2)44(57)47-35-30(22-46-49-17-15-48(16-18-49)19-21-58-9)39(54)32-33(40(35)55)38(53)28(6)42-34(32)43(56)45(8,62-42)60-20-14-31(59-10)25(3)41(61-29(7)50)27(5)37(52)26(4)36(23)51/h11-14,20,22-23,25-27,31,36-37,41,51-55H,15-19,21H2,1-10H3,(H,47,57)/b12-11+,20-14+,24-13-,46-22+/t23-,25+,26+,27+,31-,36-,37+,41+,45-/m0/s1. The molecular formula is C45H62N4O13. The molecule has 4 heterocycles. The van der Waals surface area contributed by atoms with Gasteiger partial charge < -0.3 is 54.5 Å². The molecule has 1 saturated heterocycles. The van der Waals surface area contributed by atoms with Crippen molar-refractivity contribution >= 4 is 40.3 Å². The Labute approximate surface area is 362 Å². The third kappa shape index (κ3) is 9.71. The summed E-state index contributed by atoms with van der Waals surface area (Å²) in [5.41, 5.74) is -0.390. The van der Waals surface area contributed by atoms with Gasteiger partial charge in [0.1, 0.15) is 23.4 Å². The van der Waals surface area contributed by atoms with Gasteiger partial charge in [0, 0.05) is 101 Å². The maximum absolute atomic E-state index is 14.5. The summed E-state index contributed by atoms with van der Waals surface area (Å²) in [6.07, 6.45) is 4.83. The number of aromatic hydroxyl groups is 3. The molecule has 17 nitrogen and oxygen atoms in total. The molecule has 0 saturated carbocycles. The molecule has 2 aromatic carbocycles. The van der Waals surface area contributed by atoms with E-state index in [-0.39, 0.29) is 44.5 Å². The summed E-state index contributed by atoms with van der Waals surface area (Å²) in [5.74, 6) is -8.42. The lowest BCUT2D eigenvalue weighted by Crippen LogP contribution is -2.46. The fourth-order valence-electron chi connectivity index (χ4n) is 8.31. The summed E-state index contributed by atoms with van der Waals surface area (Å²) in [6, 6.07) is 0. The first-order valence-electron chi connectivity index (χ1n) is 20.9. The van der Waals surface area contributed by atoms with Crippen molar-refractivity contribution in [2.45, 2.75) is 85.6 Å². The number of ether oxygens (including phenoxy) is 5. The third-order valence-corrected chi connectivity index (χ3v) is 12.3. The van der Waals surface area contributed by atoms with Gasteiger partial charge in [-0.1, -0.05) is 45.9 Å². The number of carbonyl (C=O) groups is 3. The van der Waals surface area contributed by atoms with Crippen molar-refractivity contribution in [3.63, 3.8) is 0 Å². The van der Waals surface area contributed by atoms with Crippen molar-refractivity contribution in [2.75, 3.05) is 58.9 Å². The van der Waals surface area contributed by atoms with Crippen LogP contribution < -0.4 is 10.1 Å². The topological polar surface area (TPSA) is 229 Å². The first-order valence-corrected chi connectivity index (χ1v) is 20.9. The predicted octanol–water partition coefficient (Wildman–Crippen LogP) is 4.35. The molecule has 0 spiro atoms. The van der Waals surface area contributed by atoms with E-state index in [0.717, 1.165) is 6.54 Å². The monoisotopic (exact) mass is 866 g/mol. The van der Waals surface area contributed by atoms with Gasteiger partial charge in [0.15, 0.2) is 5.75 Å².